The molecule has 1 aliphatic heterocycles. The molecule has 1 aromatic carbocycles. The number of carboxylic acid groups (broad SMARTS) is 1. The van der Waals surface area contributed by atoms with Crippen LogP contribution in [0.3, 0.4) is 0 Å². The van der Waals surface area contributed by atoms with Gasteiger partial charge in [0.2, 0.25) is 12.7 Å². The third kappa shape index (κ3) is 2.79. The predicted octanol–water partition coefficient (Wildman–Crippen LogP) is 2.24. The minimum absolute atomic E-state index is 0.177. The number of hydrogen-bond donors (Lipinski definition) is 2. The van der Waals surface area contributed by atoms with Crippen LogP contribution in [0.5, 0.6) is 11.5 Å². The van der Waals surface area contributed by atoms with Crippen LogP contribution in [0.2, 0.25) is 0 Å². The van der Waals surface area contributed by atoms with Gasteiger partial charge in [0, 0.05) is 11.8 Å². The zero-order valence-electron chi connectivity index (χ0n) is 11.5. The van der Waals surface area contributed by atoms with Gasteiger partial charge in [0.15, 0.2) is 11.5 Å². The number of aliphatic carboxylic acids is 1. The molecule has 6 nitrogen and oxygen atoms in total. The Kier molecular flexibility index (Phi) is 3.68. The molecule has 2 aliphatic rings. The summed E-state index contributed by atoms with van der Waals surface area (Å²) >= 11 is 0. The summed E-state index contributed by atoms with van der Waals surface area (Å²) in [6.45, 7) is 0.177. The lowest BCUT2D eigenvalue weighted by Gasteiger charge is -2.27. The highest BCUT2D eigenvalue weighted by Crippen LogP contribution is 2.35. The van der Waals surface area contributed by atoms with Gasteiger partial charge in [0.25, 0.3) is 0 Å². The number of ether oxygens (including phenoxy) is 2. The average Bonchev–Trinajstić information content (AvgIpc) is 2.94. The molecule has 6 heteroatoms. The van der Waals surface area contributed by atoms with Gasteiger partial charge in [-0.3, -0.25) is 9.59 Å². The molecule has 0 bridgehead atoms. The van der Waals surface area contributed by atoms with E-state index in [2.05, 4.69) is 5.32 Å². The largest absolute Gasteiger partial charge is 0.481 e. The molecule has 0 unspecified atom stereocenters. The molecular weight excluding hydrogens is 274 g/mol. The van der Waals surface area contributed by atoms with Crippen molar-refractivity contribution < 1.29 is 24.2 Å². The van der Waals surface area contributed by atoms with Gasteiger partial charge in [-0.1, -0.05) is 12.8 Å². The normalized spacial score (nSPS) is 23.6. The Balaban J connectivity index is 1.71. The van der Waals surface area contributed by atoms with Gasteiger partial charge in [0.1, 0.15) is 0 Å². The highest BCUT2D eigenvalue weighted by Gasteiger charge is 2.35. The fraction of sp³-hybridized carbons (Fsp3) is 0.467. The van der Waals surface area contributed by atoms with Crippen molar-refractivity contribution in [2.45, 2.75) is 25.7 Å². The summed E-state index contributed by atoms with van der Waals surface area (Å²) in [4.78, 5) is 23.6. The third-order valence-corrected chi connectivity index (χ3v) is 4.06. The maximum absolute atomic E-state index is 12.3. The summed E-state index contributed by atoms with van der Waals surface area (Å²) in [5.74, 6) is -0.948. The lowest BCUT2D eigenvalue weighted by Crippen LogP contribution is -2.36. The van der Waals surface area contributed by atoms with Crippen LogP contribution in [0.4, 0.5) is 5.69 Å². The van der Waals surface area contributed by atoms with Crippen molar-refractivity contribution in [1.82, 2.24) is 0 Å². The van der Waals surface area contributed by atoms with E-state index in [0.29, 0.717) is 30.0 Å². The smallest absolute Gasteiger partial charge is 0.307 e. The van der Waals surface area contributed by atoms with Crippen molar-refractivity contribution in [2.75, 3.05) is 12.1 Å². The molecule has 1 aromatic rings. The first kappa shape index (κ1) is 13.7. The zero-order chi connectivity index (χ0) is 14.8. The van der Waals surface area contributed by atoms with E-state index < -0.39 is 17.8 Å². The van der Waals surface area contributed by atoms with Crippen molar-refractivity contribution in [2.24, 2.45) is 11.8 Å². The maximum Gasteiger partial charge on any atom is 0.307 e. The van der Waals surface area contributed by atoms with E-state index in [1.165, 1.54) is 0 Å². The van der Waals surface area contributed by atoms with Crippen LogP contribution in [0.1, 0.15) is 25.7 Å². The number of amides is 1. The molecule has 21 heavy (non-hydrogen) atoms. The molecule has 112 valence electrons. The second-order valence-corrected chi connectivity index (χ2v) is 5.39. The molecule has 1 heterocycles. The van der Waals surface area contributed by atoms with Crippen molar-refractivity contribution >= 4 is 17.6 Å². The van der Waals surface area contributed by atoms with Crippen LogP contribution in [0, 0.1) is 11.8 Å². The zero-order valence-corrected chi connectivity index (χ0v) is 11.5. The Morgan fingerprint density at radius 1 is 1.10 bits per heavy atom. The van der Waals surface area contributed by atoms with Gasteiger partial charge >= 0.3 is 5.97 Å². The van der Waals surface area contributed by atoms with Gasteiger partial charge in [0.05, 0.1) is 11.8 Å². The predicted molar refractivity (Wildman–Crippen MR) is 74.3 cm³/mol. The fourth-order valence-electron chi connectivity index (χ4n) is 2.95. The Morgan fingerprint density at radius 3 is 2.57 bits per heavy atom. The quantitative estimate of drug-likeness (QED) is 0.892. The molecular formula is C15H17NO5. The van der Waals surface area contributed by atoms with Gasteiger partial charge in [-0.25, -0.2) is 0 Å². The van der Waals surface area contributed by atoms with E-state index in [1.54, 1.807) is 18.2 Å². The van der Waals surface area contributed by atoms with Gasteiger partial charge in [-0.15, -0.1) is 0 Å². The summed E-state index contributed by atoms with van der Waals surface area (Å²) in [5.41, 5.74) is 0.596. The first-order chi connectivity index (χ1) is 10.1. The van der Waals surface area contributed by atoms with Crippen LogP contribution < -0.4 is 14.8 Å². The third-order valence-electron chi connectivity index (χ3n) is 4.06. The molecule has 1 aliphatic carbocycles. The van der Waals surface area contributed by atoms with Crippen LogP contribution in [0.15, 0.2) is 18.2 Å². The number of nitrogens with one attached hydrogen (secondary N) is 1. The van der Waals surface area contributed by atoms with E-state index in [9.17, 15) is 14.7 Å². The monoisotopic (exact) mass is 291 g/mol. The Hall–Kier alpha value is -2.24. The first-order valence-electron chi connectivity index (χ1n) is 7.08. The Labute approximate surface area is 122 Å². The number of benzene rings is 1. The summed E-state index contributed by atoms with van der Waals surface area (Å²) < 4.78 is 10.5. The van der Waals surface area contributed by atoms with Crippen LogP contribution in [-0.2, 0) is 9.59 Å². The Morgan fingerprint density at radius 2 is 1.81 bits per heavy atom. The molecule has 3 rings (SSSR count). The molecule has 1 amide bonds. The second-order valence-electron chi connectivity index (χ2n) is 5.39. The summed E-state index contributed by atoms with van der Waals surface area (Å²) in [6, 6.07) is 5.15. The fourth-order valence-corrected chi connectivity index (χ4v) is 2.95. The molecule has 2 atom stereocenters. The summed E-state index contributed by atoms with van der Waals surface area (Å²) in [6.07, 6.45) is 2.94. The molecule has 0 saturated heterocycles. The molecule has 1 fully saturated rings. The standard InChI is InChI=1S/C15H17NO5/c17-14(10-3-1-2-4-11(10)15(18)19)16-9-5-6-12-13(7-9)21-8-20-12/h5-7,10-11H,1-4,8H2,(H,16,17)(H,18,19)/t10-,11-/m0/s1. The Bertz CT molecular complexity index is 571. The minimum Gasteiger partial charge on any atom is -0.481 e. The second kappa shape index (κ2) is 5.63. The molecule has 0 radical (unpaired) electrons. The lowest BCUT2D eigenvalue weighted by atomic mass is 9.78. The van der Waals surface area contributed by atoms with Crippen molar-refractivity contribution in [3.8, 4) is 11.5 Å². The van der Waals surface area contributed by atoms with Crippen LogP contribution in [-0.4, -0.2) is 23.8 Å². The molecule has 2 N–H and O–H groups in total. The number of carbonyl (C=O) groups excluding carboxylic acids is 1. The summed E-state index contributed by atoms with van der Waals surface area (Å²) in [7, 11) is 0. The van der Waals surface area contributed by atoms with E-state index in [-0.39, 0.29) is 12.7 Å². The van der Waals surface area contributed by atoms with Crippen molar-refractivity contribution in [1.29, 1.82) is 0 Å². The van der Waals surface area contributed by atoms with Crippen LogP contribution in [0.25, 0.3) is 0 Å². The first-order valence-corrected chi connectivity index (χ1v) is 7.08. The highest BCUT2D eigenvalue weighted by molar-refractivity contribution is 5.95. The minimum atomic E-state index is -0.888. The van der Waals surface area contributed by atoms with Crippen molar-refractivity contribution in [3.63, 3.8) is 0 Å². The van der Waals surface area contributed by atoms with Gasteiger partial charge in [-0.05, 0) is 25.0 Å². The van der Waals surface area contributed by atoms with E-state index in [0.717, 1.165) is 12.8 Å². The summed E-state index contributed by atoms with van der Waals surface area (Å²) in [5, 5.41) is 12.0. The van der Waals surface area contributed by atoms with Crippen molar-refractivity contribution in [3.05, 3.63) is 18.2 Å². The highest BCUT2D eigenvalue weighted by atomic mass is 16.7. The molecule has 0 spiro atoms. The SMILES string of the molecule is O=C(O)[C@H]1CCCC[C@@H]1C(=O)Nc1ccc2c(c1)OCO2. The number of rotatable bonds is 3. The topological polar surface area (TPSA) is 84.9 Å². The van der Waals surface area contributed by atoms with E-state index >= 15 is 0 Å². The number of carbonyl (C=O) groups is 2. The number of fused-ring (bicyclic) bond motifs is 1. The number of hydrogen-bond acceptors (Lipinski definition) is 4. The van der Waals surface area contributed by atoms with E-state index in [1.807, 2.05) is 0 Å². The molecule has 0 aromatic heterocycles. The average molecular weight is 291 g/mol. The lowest BCUT2D eigenvalue weighted by molar-refractivity contribution is -0.147. The van der Waals surface area contributed by atoms with E-state index in [4.69, 9.17) is 9.47 Å². The maximum atomic E-state index is 12.3. The molecule has 1 saturated carbocycles. The number of carboxylic acids is 1. The van der Waals surface area contributed by atoms with Gasteiger partial charge < -0.3 is 19.9 Å². The number of anilines is 1. The van der Waals surface area contributed by atoms with Gasteiger partial charge in [-0.2, -0.15) is 0 Å². The van der Waals surface area contributed by atoms with Crippen LogP contribution >= 0.6 is 0 Å².